The summed E-state index contributed by atoms with van der Waals surface area (Å²) in [5, 5.41) is 2.23. The van der Waals surface area contributed by atoms with E-state index >= 15 is 0 Å². The first kappa shape index (κ1) is 17.6. The molecule has 1 N–H and O–H groups in total. The third-order valence-corrected chi connectivity index (χ3v) is 3.96. The molecule has 3 aromatic rings. The van der Waals surface area contributed by atoms with Gasteiger partial charge in [0.2, 0.25) is 0 Å². The Morgan fingerprint density at radius 2 is 1.58 bits per heavy atom. The number of carbonyl (C=O) groups excluding carboxylic acids is 2. The number of hydrogen-bond donors (Lipinski definition) is 1. The molecule has 1 heterocycles. The summed E-state index contributed by atoms with van der Waals surface area (Å²) in [5.41, 5.74) is 3.87. The van der Waals surface area contributed by atoms with Crippen molar-refractivity contribution in [2.24, 2.45) is 0 Å². The van der Waals surface area contributed by atoms with E-state index in [-0.39, 0.29) is 11.8 Å². The van der Waals surface area contributed by atoms with E-state index in [4.69, 9.17) is 0 Å². The van der Waals surface area contributed by atoms with E-state index in [1.165, 1.54) is 11.2 Å². The van der Waals surface area contributed by atoms with Crippen molar-refractivity contribution in [1.29, 1.82) is 0 Å². The van der Waals surface area contributed by atoms with Gasteiger partial charge in [0, 0.05) is 17.1 Å². The minimum atomic E-state index is -0.604. The van der Waals surface area contributed by atoms with Crippen LogP contribution in [0, 0.1) is 0 Å². The molecule has 0 fully saturated rings. The molecule has 5 nitrogen and oxygen atoms in total. The molecule has 0 aliphatic rings. The molecule has 5 heteroatoms. The fourth-order valence-corrected chi connectivity index (χ4v) is 2.60. The Kier molecular flexibility index (Phi) is 4.71. The van der Waals surface area contributed by atoms with Gasteiger partial charge in [-0.1, -0.05) is 36.4 Å². The van der Waals surface area contributed by atoms with Gasteiger partial charge in [0.1, 0.15) is 0 Å². The molecule has 0 spiro atoms. The molecule has 0 saturated carbocycles. The molecule has 0 saturated heterocycles. The number of rotatable bonds is 2. The van der Waals surface area contributed by atoms with Gasteiger partial charge in [-0.05, 0) is 45.0 Å². The van der Waals surface area contributed by atoms with E-state index in [2.05, 4.69) is 10.4 Å². The van der Waals surface area contributed by atoms with Crippen molar-refractivity contribution in [3.8, 4) is 0 Å². The zero-order chi connectivity index (χ0) is 18.7. The molecule has 3 rings (SSSR count). The second-order valence-electron chi connectivity index (χ2n) is 7.04. The van der Waals surface area contributed by atoms with Crippen LogP contribution in [0.3, 0.4) is 0 Å². The van der Waals surface area contributed by atoms with Crippen LogP contribution in [0.1, 0.15) is 41.5 Å². The molecule has 0 atom stereocenters. The first-order valence-electron chi connectivity index (χ1n) is 8.41. The van der Waals surface area contributed by atoms with Crippen LogP contribution < -0.4 is 5.43 Å². The summed E-state index contributed by atoms with van der Waals surface area (Å²) in [5.74, 6) is -0.636. The molecular weight excluding hydrogens is 326 g/mol. The van der Waals surface area contributed by atoms with Crippen molar-refractivity contribution >= 4 is 22.7 Å². The van der Waals surface area contributed by atoms with Gasteiger partial charge in [0.15, 0.2) is 0 Å². The third-order valence-electron chi connectivity index (χ3n) is 3.96. The van der Waals surface area contributed by atoms with Crippen LogP contribution >= 0.6 is 0 Å². The zero-order valence-corrected chi connectivity index (χ0v) is 15.1. The highest BCUT2D eigenvalue weighted by molar-refractivity contribution is 6.00. The van der Waals surface area contributed by atoms with Crippen LogP contribution in [-0.2, 0) is 0 Å². The second kappa shape index (κ2) is 6.96. The van der Waals surface area contributed by atoms with Gasteiger partial charge in [0.25, 0.3) is 11.8 Å². The lowest BCUT2D eigenvalue weighted by Crippen LogP contribution is -2.55. The fourth-order valence-electron chi connectivity index (χ4n) is 2.60. The smallest absolute Gasteiger partial charge is 0.267 e. The molecule has 0 aliphatic heterocycles. The van der Waals surface area contributed by atoms with E-state index < -0.39 is 5.54 Å². The lowest BCUT2D eigenvalue weighted by atomic mass is 10.1. The van der Waals surface area contributed by atoms with Crippen molar-refractivity contribution in [3.63, 3.8) is 0 Å². The van der Waals surface area contributed by atoms with Crippen molar-refractivity contribution in [1.82, 2.24) is 15.4 Å². The van der Waals surface area contributed by atoms with Crippen LogP contribution in [0.15, 0.2) is 66.9 Å². The molecule has 0 radical (unpaired) electrons. The molecule has 1 aromatic heterocycles. The number of hydrazine groups is 1. The standard InChI is InChI=1S/C21H21N3O2/c1-21(2,3)24(23-19(25)15-9-5-4-6-10-15)20(26)17-13-16-11-7-8-12-18(16)22-14-17/h4-14H,1-3H3,(H,23,25). The highest BCUT2D eigenvalue weighted by atomic mass is 16.2. The lowest BCUT2D eigenvalue weighted by Gasteiger charge is -2.35. The minimum Gasteiger partial charge on any atom is -0.267 e. The summed E-state index contributed by atoms with van der Waals surface area (Å²) >= 11 is 0. The normalized spacial score (nSPS) is 11.2. The van der Waals surface area contributed by atoms with Crippen LogP contribution in [0.25, 0.3) is 10.9 Å². The molecule has 0 aliphatic carbocycles. The summed E-state index contributed by atoms with van der Waals surface area (Å²) in [6.45, 7) is 5.60. The van der Waals surface area contributed by atoms with Gasteiger partial charge in [0.05, 0.1) is 16.6 Å². The number of pyridine rings is 1. The fraction of sp³-hybridized carbons (Fsp3) is 0.190. The number of fused-ring (bicyclic) bond motifs is 1. The van der Waals surface area contributed by atoms with Gasteiger partial charge in [-0.25, -0.2) is 5.01 Å². The minimum absolute atomic E-state index is 0.306. The number of aromatic nitrogens is 1. The molecule has 132 valence electrons. The predicted molar refractivity (Wildman–Crippen MR) is 102 cm³/mol. The molecule has 26 heavy (non-hydrogen) atoms. The van der Waals surface area contributed by atoms with E-state index in [1.807, 2.05) is 51.1 Å². The SMILES string of the molecule is CC(C)(C)N(NC(=O)c1ccccc1)C(=O)c1cnc2ccccc2c1. The summed E-state index contributed by atoms with van der Waals surface area (Å²) < 4.78 is 0. The first-order valence-corrected chi connectivity index (χ1v) is 8.41. The average molecular weight is 347 g/mol. The zero-order valence-electron chi connectivity index (χ0n) is 15.1. The molecule has 2 aromatic carbocycles. The van der Waals surface area contributed by atoms with E-state index in [0.29, 0.717) is 11.1 Å². The van der Waals surface area contributed by atoms with Crippen molar-refractivity contribution < 1.29 is 9.59 Å². The lowest BCUT2D eigenvalue weighted by molar-refractivity contribution is 0.0358. The number of nitrogens with zero attached hydrogens (tertiary/aromatic N) is 2. The van der Waals surface area contributed by atoms with Crippen molar-refractivity contribution in [2.75, 3.05) is 0 Å². The summed E-state index contributed by atoms with van der Waals surface area (Å²) in [7, 11) is 0. The Labute approximate surface area is 152 Å². The van der Waals surface area contributed by atoms with Crippen molar-refractivity contribution in [3.05, 3.63) is 78.0 Å². The number of para-hydroxylation sites is 1. The maximum absolute atomic E-state index is 13.1. The Balaban J connectivity index is 1.91. The number of benzene rings is 2. The second-order valence-corrected chi connectivity index (χ2v) is 7.04. The Morgan fingerprint density at radius 3 is 2.27 bits per heavy atom. The van der Waals surface area contributed by atoms with Crippen molar-refractivity contribution in [2.45, 2.75) is 26.3 Å². The first-order chi connectivity index (χ1) is 12.4. The maximum atomic E-state index is 13.1. The molecule has 0 unspecified atom stereocenters. The summed E-state index contributed by atoms with van der Waals surface area (Å²) in [6, 6.07) is 18.2. The van der Waals surface area contributed by atoms with Gasteiger partial charge >= 0.3 is 0 Å². The predicted octanol–water partition coefficient (Wildman–Crippen LogP) is 3.82. The number of nitrogens with one attached hydrogen (secondary N) is 1. The topological polar surface area (TPSA) is 62.3 Å². The van der Waals surface area contributed by atoms with Crippen LogP contribution in [0.4, 0.5) is 0 Å². The highest BCUT2D eigenvalue weighted by Crippen LogP contribution is 2.18. The highest BCUT2D eigenvalue weighted by Gasteiger charge is 2.30. The largest absolute Gasteiger partial charge is 0.274 e. The van der Waals surface area contributed by atoms with Crippen LogP contribution in [0.5, 0.6) is 0 Å². The Hall–Kier alpha value is -3.21. The van der Waals surface area contributed by atoms with Crippen LogP contribution in [-0.4, -0.2) is 27.3 Å². The monoisotopic (exact) mass is 347 g/mol. The molecule has 2 amide bonds. The van der Waals surface area contributed by atoms with Crippen LogP contribution in [0.2, 0.25) is 0 Å². The maximum Gasteiger partial charge on any atom is 0.274 e. The van der Waals surface area contributed by atoms with E-state index in [9.17, 15) is 9.59 Å². The quantitative estimate of drug-likeness (QED) is 0.717. The van der Waals surface area contributed by atoms with Gasteiger partial charge < -0.3 is 0 Å². The van der Waals surface area contributed by atoms with E-state index in [1.54, 1.807) is 30.3 Å². The van der Waals surface area contributed by atoms with Gasteiger partial charge in [-0.15, -0.1) is 0 Å². The Morgan fingerprint density at radius 1 is 0.923 bits per heavy atom. The summed E-state index contributed by atoms with van der Waals surface area (Å²) in [6.07, 6.45) is 1.54. The number of amides is 2. The van der Waals surface area contributed by atoms with Gasteiger partial charge in [-0.2, -0.15) is 0 Å². The van der Waals surface area contributed by atoms with E-state index in [0.717, 1.165) is 10.9 Å². The number of carbonyl (C=O) groups is 2. The summed E-state index contributed by atoms with van der Waals surface area (Å²) in [4.78, 5) is 29.9. The third kappa shape index (κ3) is 3.72. The average Bonchev–Trinajstić information content (AvgIpc) is 2.64. The van der Waals surface area contributed by atoms with Gasteiger partial charge in [-0.3, -0.25) is 20.0 Å². The molecule has 0 bridgehead atoms. The molecular formula is C21H21N3O2. The number of hydrogen-bond acceptors (Lipinski definition) is 3. The Bertz CT molecular complexity index is 946.